The van der Waals surface area contributed by atoms with Crippen molar-refractivity contribution < 1.29 is 26.3 Å². The average molecular weight is 240 g/mol. The summed E-state index contributed by atoms with van der Waals surface area (Å²) in [6, 6.07) is 1.68. The van der Waals surface area contributed by atoms with Gasteiger partial charge in [-0.05, 0) is 17.7 Å². The average Bonchev–Trinajstić information content (AvgIpc) is 2.14. The van der Waals surface area contributed by atoms with Crippen molar-refractivity contribution in [1.82, 2.24) is 0 Å². The fourth-order valence-electron chi connectivity index (χ4n) is 1.32. The van der Waals surface area contributed by atoms with Crippen LogP contribution in [0.4, 0.5) is 26.3 Å². The zero-order chi connectivity index (χ0) is 12.6. The minimum absolute atomic E-state index is 0.0347. The zero-order valence-electron chi connectivity index (χ0n) is 8.21. The van der Waals surface area contributed by atoms with Crippen molar-refractivity contribution >= 4 is 7.85 Å². The molecule has 1 aromatic rings. The molecule has 0 radical (unpaired) electrons. The highest BCUT2D eigenvalue weighted by Crippen LogP contribution is 2.37. The second-order valence-electron chi connectivity index (χ2n) is 3.22. The molecule has 0 bridgehead atoms. The molecule has 0 spiro atoms. The molecule has 0 saturated heterocycles. The van der Waals surface area contributed by atoms with Crippen LogP contribution in [0.3, 0.4) is 0 Å². The smallest absolute Gasteiger partial charge is 0.166 e. The van der Waals surface area contributed by atoms with Gasteiger partial charge in [-0.25, -0.2) is 0 Å². The van der Waals surface area contributed by atoms with Crippen LogP contribution in [-0.4, -0.2) is 7.85 Å². The summed E-state index contributed by atoms with van der Waals surface area (Å²) in [4.78, 5) is 0. The first-order valence-electron chi connectivity index (χ1n) is 4.43. The SMILES string of the molecule is BCc1ccc(C(F)(F)F)cc1C(F)(F)F. The van der Waals surface area contributed by atoms with E-state index in [9.17, 15) is 26.3 Å². The van der Waals surface area contributed by atoms with Crippen molar-refractivity contribution in [1.29, 1.82) is 0 Å². The molecule has 0 atom stereocenters. The van der Waals surface area contributed by atoms with E-state index >= 15 is 0 Å². The van der Waals surface area contributed by atoms with E-state index in [-0.39, 0.29) is 17.9 Å². The Kier molecular flexibility index (Phi) is 3.26. The van der Waals surface area contributed by atoms with Crippen LogP contribution in [0, 0.1) is 0 Å². The van der Waals surface area contributed by atoms with Gasteiger partial charge in [0, 0.05) is 0 Å². The normalized spacial score (nSPS) is 12.9. The van der Waals surface area contributed by atoms with E-state index in [0.717, 1.165) is 6.07 Å². The van der Waals surface area contributed by atoms with Crippen molar-refractivity contribution in [2.75, 3.05) is 0 Å². The Hall–Kier alpha value is -1.14. The molecule has 0 amide bonds. The molecule has 0 heterocycles. The fraction of sp³-hybridized carbons (Fsp3) is 0.333. The molecule has 0 N–H and O–H groups in total. The summed E-state index contributed by atoms with van der Waals surface area (Å²) in [5.41, 5.74) is -2.64. The van der Waals surface area contributed by atoms with Gasteiger partial charge in [0.1, 0.15) is 7.85 Å². The number of rotatable bonds is 1. The van der Waals surface area contributed by atoms with E-state index in [1.165, 1.54) is 7.85 Å². The van der Waals surface area contributed by atoms with Gasteiger partial charge in [0.15, 0.2) is 0 Å². The molecule has 0 aliphatic rings. The Morgan fingerprint density at radius 1 is 0.938 bits per heavy atom. The van der Waals surface area contributed by atoms with Gasteiger partial charge in [-0.15, -0.1) is 0 Å². The number of hydrogen-bond acceptors (Lipinski definition) is 0. The summed E-state index contributed by atoms with van der Waals surface area (Å²) in [6.45, 7) is 0. The molecule has 1 aromatic carbocycles. The van der Waals surface area contributed by atoms with Crippen molar-refractivity contribution in [3.8, 4) is 0 Å². The van der Waals surface area contributed by atoms with Crippen molar-refractivity contribution in [3.05, 3.63) is 34.9 Å². The number of benzene rings is 1. The summed E-state index contributed by atoms with van der Waals surface area (Å²) in [5, 5.41) is 0. The monoisotopic (exact) mass is 240 g/mol. The predicted octanol–water partition coefficient (Wildman–Crippen LogP) is 2.86. The van der Waals surface area contributed by atoms with Crippen LogP contribution < -0.4 is 0 Å². The highest BCUT2D eigenvalue weighted by molar-refractivity contribution is 6.08. The van der Waals surface area contributed by atoms with Gasteiger partial charge in [0.05, 0.1) is 11.1 Å². The summed E-state index contributed by atoms with van der Waals surface area (Å²) in [6.07, 6.45) is -9.48. The number of alkyl halides is 6. The topological polar surface area (TPSA) is 0 Å². The van der Waals surface area contributed by atoms with E-state index < -0.39 is 23.5 Å². The molecule has 16 heavy (non-hydrogen) atoms. The van der Waals surface area contributed by atoms with Gasteiger partial charge in [-0.2, -0.15) is 26.3 Å². The van der Waals surface area contributed by atoms with E-state index in [0.29, 0.717) is 6.07 Å². The summed E-state index contributed by atoms with van der Waals surface area (Å²) in [5.74, 6) is 0. The lowest BCUT2D eigenvalue weighted by molar-refractivity contribution is -0.143. The van der Waals surface area contributed by atoms with Crippen LogP contribution in [0.1, 0.15) is 16.7 Å². The van der Waals surface area contributed by atoms with Crippen LogP contribution in [0.25, 0.3) is 0 Å². The molecular weight excluding hydrogens is 233 g/mol. The minimum Gasteiger partial charge on any atom is -0.166 e. The van der Waals surface area contributed by atoms with Gasteiger partial charge in [0.2, 0.25) is 0 Å². The van der Waals surface area contributed by atoms with Crippen LogP contribution in [0.5, 0.6) is 0 Å². The maximum Gasteiger partial charge on any atom is 0.416 e. The van der Waals surface area contributed by atoms with Gasteiger partial charge < -0.3 is 0 Å². The van der Waals surface area contributed by atoms with Gasteiger partial charge in [-0.1, -0.05) is 12.4 Å². The Morgan fingerprint density at radius 3 is 1.88 bits per heavy atom. The third-order valence-electron chi connectivity index (χ3n) is 2.12. The molecule has 0 aliphatic carbocycles. The molecule has 0 saturated carbocycles. The lowest BCUT2D eigenvalue weighted by Crippen LogP contribution is -2.13. The van der Waals surface area contributed by atoms with Gasteiger partial charge >= 0.3 is 12.4 Å². The minimum atomic E-state index is -4.76. The summed E-state index contributed by atoms with van der Waals surface area (Å²) >= 11 is 0. The molecular formula is C9H7BF6. The van der Waals surface area contributed by atoms with E-state index in [1.807, 2.05) is 0 Å². The molecule has 0 aliphatic heterocycles. The largest absolute Gasteiger partial charge is 0.416 e. The second kappa shape index (κ2) is 4.03. The van der Waals surface area contributed by atoms with Crippen molar-refractivity contribution in [2.24, 2.45) is 0 Å². The first kappa shape index (κ1) is 12.9. The highest BCUT2D eigenvalue weighted by Gasteiger charge is 2.37. The molecule has 0 unspecified atom stereocenters. The van der Waals surface area contributed by atoms with Crippen molar-refractivity contribution in [3.63, 3.8) is 0 Å². The highest BCUT2D eigenvalue weighted by atomic mass is 19.4. The first-order chi connectivity index (χ1) is 7.16. The van der Waals surface area contributed by atoms with E-state index in [4.69, 9.17) is 0 Å². The predicted molar refractivity (Wildman–Crippen MR) is 48.7 cm³/mol. The third-order valence-corrected chi connectivity index (χ3v) is 2.12. The lowest BCUT2D eigenvalue weighted by Gasteiger charge is -2.14. The number of hydrogen-bond donors (Lipinski definition) is 0. The Labute approximate surface area is 88.7 Å². The standard InChI is InChI=1S/C9H7BF6/c10-4-5-1-2-6(8(11,12)13)3-7(5)9(14,15)16/h1-3H,4,10H2. The lowest BCUT2D eigenvalue weighted by atomic mass is 9.91. The van der Waals surface area contributed by atoms with Crippen LogP contribution in [0.2, 0.25) is 0 Å². The second-order valence-corrected chi connectivity index (χ2v) is 3.22. The Morgan fingerprint density at radius 2 is 1.50 bits per heavy atom. The Bertz CT molecular complexity index is 379. The molecule has 0 nitrogen and oxygen atoms in total. The van der Waals surface area contributed by atoms with Crippen LogP contribution >= 0.6 is 0 Å². The van der Waals surface area contributed by atoms with E-state index in [1.54, 1.807) is 0 Å². The Balaban J connectivity index is 3.34. The molecule has 0 fully saturated rings. The van der Waals surface area contributed by atoms with Gasteiger partial charge in [0.25, 0.3) is 0 Å². The van der Waals surface area contributed by atoms with Gasteiger partial charge in [-0.3, -0.25) is 0 Å². The van der Waals surface area contributed by atoms with Crippen LogP contribution in [-0.2, 0) is 18.7 Å². The molecule has 0 aromatic heterocycles. The van der Waals surface area contributed by atoms with E-state index in [2.05, 4.69) is 0 Å². The third kappa shape index (κ3) is 2.71. The van der Waals surface area contributed by atoms with Crippen LogP contribution in [0.15, 0.2) is 18.2 Å². The van der Waals surface area contributed by atoms with Crippen molar-refractivity contribution in [2.45, 2.75) is 18.7 Å². The number of halogens is 6. The zero-order valence-corrected chi connectivity index (χ0v) is 8.21. The molecule has 88 valence electrons. The summed E-state index contributed by atoms with van der Waals surface area (Å²) < 4.78 is 74.0. The fourth-order valence-corrected chi connectivity index (χ4v) is 1.32. The summed E-state index contributed by atoms with van der Waals surface area (Å²) in [7, 11) is 1.46. The molecule has 7 heteroatoms. The quantitative estimate of drug-likeness (QED) is 0.523. The maximum atomic E-state index is 12.4. The first-order valence-corrected chi connectivity index (χ1v) is 4.43. The molecule has 1 rings (SSSR count). The maximum absolute atomic E-state index is 12.4.